The number of carbonyl (C=O) groups excluding carboxylic acids is 1. The van der Waals surface area contributed by atoms with Gasteiger partial charge < -0.3 is 4.74 Å². The predicted octanol–water partition coefficient (Wildman–Crippen LogP) is 3.23. The number of methoxy groups -OCH3 is 1. The Balaban J connectivity index is 2.07. The van der Waals surface area contributed by atoms with Crippen LogP contribution in [0.2, 0.25) is 0 Å². The third-order valence-corrected chi connectivity index (χ3v) is 4.29. The maximum Gasteiger partial charge on any atom is 0.177 e. The number of ketones is 1. The number of hydrogen-bond acceptors (Lipinski definition) is 3. The minimum absolute atomic E-state index is 0.225. The Morgan fingerprint density at radius 2 is 1.90 bits per heavy atom. The maximum absolute atomic E-state index is 12.5. The van der Waals surface area contributed by atoms with Crippen molar-refractivity contribution in [2.75, 3.05) is 26.7 Å². The number of benzene rings is 1. The average molecular weight is 275 g/mol. The summed E-state index contributed by atoms with van der Waals surface area (Å²) >= 11 is 0. The molecule has 0 aromatic heterocycles. The normalized spacial score (nSPS) is 17.2. The number of ether oxygens (including phenoxy) is 1. The highest BCUT2D eigenvalue weighted by Crippen LogP contribution is 2.23. The zero-order valence-electron chi connectivity index (χ0n) is 13.0. The summed E-state index contributed by atoms with van der Waals surface area (Å²) in [5.74, 6) is 1.87. The highest BCUT2D eigenvalue weighted by atomic mass is 16.5. The summed E-state index contributed by atoms with van der Waals surface area (Å²) in [6, 6.07) is 3.92. The third kappa shape index (κ3) is 3.40. The third-order valence-electron chi connectivity index (χ3n) is 4.29. The van der Waals surface area contributed by atoms with Crippen LogP contribution in [-0.4, -0.2) is 37.4 Å². The Bertz CT molecular complexity index is 488. The van der Waals surface area contributed by atoms with Gasteiger partial charge >= 0.3 is 0 Å². The molecule has 2 rings (SSSR count). The lowest BCUT2D eigenvalue weighted by Gasteiger charge is -2.29. The number of nitrogens with zero attached hydrogens (tertiary/aromatic N) is 1. The lowest BCUT2D eigenvalue weighted by Crippen LogP contribution is -2.37. The van der Waals surface area contributed by atoms with Crippen molar-refractivity contribution >= 4 is 5.78 Å². The van der Waals surface area contributed by atoms with Crippen LogP contribution in [0.1, 0.15) is 41.3 Å². The van der Waals surface area contributed by atoms with Gasteiger partial charge in [0.05, 0.1) is 13.7 Å². The van der Waals surface area contributed by atoms with Gasteiger partial charge in [0.25, 0.3) is 0 Å². The fraction of sp³-hybridized carbons (Fsp3) is 0.588. The molecule has 0 bridgehead atoms. The molecule has 0 saturated carbocycles. The molecule has 1 aliphatic heterocycles. The Morgan fingerprint density at radius 3 is 2.50 bits per heavy atom. The molecule has 20 heavy (non-hydrogen) atoms. The van der Waals surface area contributed by atoms with Gasteiger partial charge in [-0.25, -0.2) is 0 Å². The van der Waals surface area contributed by atoms with E-state index >= 15 is 0 Å². The summed E-state index contributed by atoms with van der Waals surface area (Å²) in [5.41, 5.74) is 2.86. The maximum atomic E-state index is 12.5. The van der Waals surface area contributed by atoms with Crippen LogP contribution >= 0.6 is 0 Å². The fourth-order valence-corrected chi connectivity index (χ4v) is 2.82. The second-order valence-corrected chi connectivity index (χ2v) is 6.02. The topological polar surface area (TPSA) is 29.5 Å². The molecule has 1 aromatic rings. The van der Waals surface area contributed by atoms with E-state index in [0.717, 1.165) is 41.4 Å². The van der Waals surface area contributed by atoms with Crippen LogP contribution in [0.5, 0.6) is 5.75 Å². The van der Waals surface area contributed by atoms with Gasteiger partial charge in [0, 0.05) is 5.56 Å². The molecule has 3 heteroatoms. The molecule has 0 spiro atoms. The van der Waals surface area contributed by atoms with Crippen molar-refractivity contribution in [2.45, 2.75) is 33.6 Å². The molecule has 1 fully saturated rings. The summed E-state index contributed by atoms with van der Waals surface area (Å²) in [6.07, 6.45) is 2.40. The zero-order chi connectivity index (χ0) is 14.7. The van der Waals surface area contributed by atoms with Gasteiger partial charge in [0.1, 0.15) is 5.75 Å². The Labute approximate surface area is 121 Å². The van der Waals surface area contributed by atoms with Crippen molar-refractivity contribution in [3.63, 3.8) is 0 Å². The van der Waals surface area contributed by atoms with Gasteiger partial charge in [-0.05, 0) is 69.0 Å². The first-order valence-corrected chi connectivity index (χ1v) is 7.42. The van der Waals surface area contributed by atoms with Crippen LogP contribution in [0.15, 0.2) is 12.1 Å². The van der Waals surface area contributed by atoms with Crippen molar-refractivity contribution in [1.82, 2.24) is 4.90 Å². The summed E-state index contributed by atoms with van der Waals surface area (Å²) in [4.78, 5) is 14.8. The van der Waals surface area contributed by atoms with Crippen LogP contribution in [0, 0.1) is 19.8 Å². The highest BCUT2D eigenvalue weighted by molar-refractivity contribution is 5.99. The number of likely N-dealkylation sites (tertiary alicyclic amines) is 1. The minimum Gasteiger partial charge on any atom is -0.496 e. The van der Waals surface area contributed by atoms with E-state index in [9.17, 15) is 4.79 Å². The molecule has 1 aromatic carbocycles. The van der Waals surface area contributed by atoms with Crippen LogP contribution in [-0.2, 0) is 0 Å². The summed E-state index contributed by atoms with van der Waals surface area (Å²) in [5, 5.41) is 0. The van der Waals surface area contributed by atoms with Gasteiger partial charge in [-0.3, -0.25) is 9.69 Å². The van der Waals surface area contributed by atoms with Crippen molar-refractivity contribution in [2.24, 2.45) is 5.92 Å². The van der Waals surface area contributed by atoms with Crippen molar-refractivity contribution in [3.8, 4) is 5.75 Å². The standard InChI is InChI=1S/C17H25NO2/c1-12-5-7-18(8-6-12)11-16(19)15-9-14(3)17(20-4)10-13(15)2/h9-10,12H,5-8,11H2,1-4H3. The highest BCUT2D eigenvalue weighted by Gasteiger charge is 2.20. The number of carbonyl (C=O) groups is 1. The van der Waals surface area contributed by atoms with E-state index in [2.05, 4.69) is 11.8 Å². The van der Waals surface area contributed by atoms with E-state index in [1.165, 1.54) is 12.8 Å². The van der Waals surface area contributed by atoms with E-state index in [1.807, 2.05) is 26.0 Å². The second kappa shape index (κ2) is 6.40. The molecule has 1 heterocycles. The molecule has 0 amide bonds. The first kappa shape index (κ1) is 15.0. The van der Waals surface area contributed by atoms with E-state index in [-0.39, 0.29) is 5.78 Å². The molecular weight excluding hydrogens is 250 g/mol. The smallest absolute Gasteiger partial charge is 0.177 e. The minimum atomic E-state index is 0.225. The molecule has 0 aliphatic carbocycles. The monoisotopic (exact) mass is 275 g/mol. The number of piperidine rings is 1. The molecule has 0 radical (unpaired) electrons. The first-order chi connectivity index (χ1) is 9.51. The van der Waals surface area contributed by atoms with E-state index in [0.29, 0.717) is 6.54 Å². The SMILES string of the molecule is COc1cc(C)c(C(=O)CN2CCC(C)CC2)cc1C. The molecule has 0 atom stereocenters. The lowest BCUT2D eigenvalue weighted by atomic mass is 9.97. The van der Waals surface area contributed by atoms with Gasteiger partial charge in [0.15, 0.2) is 5.78 Å². The van der Waals surface area contributed by atoms with E-state index < -0.39 is 0 Å². The molecule has 0 unspecified atom stereocenters. The van der Waals surface area contributed by atoms with Gasteiger partial charge in [-0.15, -0.1) is 0 Å². The van der Waals surface area contributed by atoms with Crippen LogP contribution in [0.3, 0.4) is 0 Å². The molecular formula is C17H25NO2. The van der Waals surface area contributed by atoms with Crippen LogP contribution in [0.25, 0.3) is 0 Å². The Morgan fingerprint density at radius 1 is 1.25 bits per heavy atom. The van der Waals surface area contributed by atoms with E-state index in [1.54, 1.807) is 7.11 Å². The van der Waals surface area contributed by atoms with Crippen molar-refractivity contribution in [1.29, 1.82) is 0 Å². The Hall–Kier alpha value is -1.35. The quantitative estimate of drug-likeness (QED) is 0.790. The van der Waals surface area contributed by atoms with Crippen LogP contribution in [0.4, 0.5) is 0 Å². The number of hydrogen-bond donors (Lipinski definition) is 0. The average Bonchev–Trinajstić information content (AvgIpc) is 2.43. The van der Waals surface area contributed by atoms with Gasteiger partial charge in [0.2, 0.25) is 0 Å². The number of Topliss-reactive ketones (excluding diaryl/α,β-unsaturated/α-hetero) is 1. The Kier molecular flexibility index (Phi) is 4.81. The van der Waals surface area contributed by atoms with E-state index in [4.69, 9.17) is 4.74 Å². The summed E-state index contributed by atoms with van der Waals surface area (Å²) in [7, 11) is 1.66. The van der Waals surface area contributed by atoms with Crippen molar-refractivity contribution in [3.05, 3.63) is 28.8 Å². The summed E-state index contributed by atoms with van der Waals surface area (Å²) < 4.78 is 5.30. The van der Waals surface area contributed by atoms with Crippen molar-refractivity contribution < 1.29 is 9.53 Å². The number of aryl methyl sites for hydroxylation is 2. The van der Waals surface area contributed by atoms with Gasteiger partial charge in [-0.2, -0.15) is 0 Å². The lowest BCUT2D eigenvalue weighted by molar-refractivity contribution is 0.0899. The molecule has 1 saturated heterocycles. The van der Waals surface area contributed by atoms with Gasteiger partial charge in [-0.1, -0.05) is 6.92 Å². The summed E-state index contributed by atoms with van der Waals surface area (Å²) in [6.45, 7) is 8.88. The zero-order valence-corrected chi connectivity index (χ0v) is 13.0. The van der Waals surface area contributed by atoms with Crippen LogP contribution < -0.4 is 4.74 Å². The second-order valence-electron chi connectivity index (χ2n) is 6.02. The first-order valence-electron chi connectivity index (χ1n) is 7.42. The molecule has 1 aliphatic rings. The fourth-order valence-electron chi connectivity index (χ4n) is 2.82. The molecule has 3 nitrogen and oxygen atoms in total. The predicted molar refractivity (Wildman–Crippen MR) is 81.6 cm³/mol. The largest absolute Gasteiger partial charge is 0.496 e. The number of rotatable bonds is 4. The molecule has 0 N–H and O–H groups in total. The molecule has 110 valence electrons.